The summed E-state index contributed by atoms with van der Waals surface area (Å²) in [7, 11) is 1.58. The number of hydrogen-bond acceptors (Lipinski definition) is 6. The van der Waals surface area contributed by atoms with Gasteiger partial charge in [0.2, 0.25) is 0 Å². The number of carbonyl (C=O) groups excluding carboxylic acids is 1. The fraction of sp³-hybridized carbons (Fsp3) is 0.0769. The highest BCUT2D eigenvalue weighted by Gasteiger charge is 2.12. The van der Waals surface area contributed by atoms with Crippen molar-refractivity contribution in [3.05, 3.63) is 59.3 Å². The molecule has 3 aromatic heterocycles. The topological polar surface area (TPSA) is 108 Å². The Labute approximate surface area is 124 Å². The summed E-state index contributed by atoms with van der Waals surface area (Å²) in [4.78, 5) is 35.9. The van der Waals surface area contributed by atoms with E-state index in [1.807, 2.05) is 0 Å². The van der Waals surface area contributed by atoms with Crippen LogP contribution in [0.25, 0.3) is 5.82 Å². The van der Waals surface area contributed by atoms with Crippen LogP contribution in [0.15, 0.2) is 48.2 Å². The molecule has 0 bridgehead atoms. The van der Waals surface area contributed by atoms with E-state index in [1.54, 1.807) is 19.3 Å². The fourth-order valence-corrected chi connectivity index (χ4v) is 1.82. The molecule has 3 aromatic rings. The number of aromatic nitrogens is 6. The van der Waals surface area contributed by atoms with Crippen LogP contribution in [0.2, 0.25) is 0 Å². The molecule has 0 radical (unpaired) electrons. The van der Waals surface area contributed by atoms with E-state index in [0.717, 1.165) is 0 Å². The normalized spacial score (nSPS) is 10.4. The molecule has 0 saturated heterocycles. The summed E-state index contributed by atoms with van der Waals surface area (Å²) < 4.78 is 2.76. The van der Waals surface area contributed by atoms with Crippen molar-refractivity contribution >= 4 is 11.7 Å². The monoisotopic (exact) mass is 297 g/mol. The second-order valence-corrected chi connectivity index (χ2v) is 4.39. The second kappa shape index (κ2) is 5.56. The van der Waals surface area contributed by atoms with Gasteiger partial charge in [-0.05, 0) is 12.1 Å². The molecule has 0 fully saturated rings. The Balaban J connectivity index is 1.87. The van der Waals surface area contributed by atoms with Crippen molar-refractivity contribution in [1.29, 1.82) is 0 Å². The first-order valence-corrected chi connectivity index (χ1v) is 6.29. The van der Waals surface area contributed by atoms with Gasteiger partial charge in [0.25, 0.3) is 11.5 Å². The molecule has 1 amide bonds. The van der Waals surface area contributed by atoms with Crippen LogP contribution >= 0.6 is 0 Å². The summed E-state index contributed by atoms with van der Waals surface area (Å²) in [6.07, 6.45) is 5.71. The zero-order valence-corrected chi connectivity index (χ0v) is 11.5. The number of aryl methyl sites for hydroxylation is 1. The van der Waals surface area contributed by atoms with E-state index in [4.69, 9.17) is 0 Å². The highest BCUT2D eigenvalue weighted by molar-refractivity contribution is 6.03. The molecule has 9 nitrogen and oxygen atoms in total. The number of amides is 1. The van der Waals surface area contributed by atoms with Gasteiger partial charge in [-0.1, -0.05) is 0 Å². The molecular formula is C13H11N7O2. The molecule has 110 valence electrons. The van der Waals surface area contributed by atoms with Crippen LogP contribution in [0.5, 0.6) is 0 Å². The van der Waals surface area contributed by atoms with Crippen molar-refractivity contribution in [3.8, 4) is 5.82 Å². The van der Waals surface area contributed by atoms with Gasteiger partial charge in [-0.2, -0.15) is 5.10 Å². The van der Waals surface area contributed by atoms with Gasteiger partial charge in [0.15, 0.2) is 5.82 Å². The molecule has 0 atom stereocenters. The van der Waals surface area contributed by atoms with Crippen LogP contribution in [0, 0.1) is 0 Å². The van der Waals surface area contributed by atoms with Crippen molar-refractivity contribution in [2.45, 2.75) is 0 Å². The third kappa shape index (κ3) is 2.59. The first kappa shape index (κ1) is 13.6. The molecule has 9 heteroatoms. The van der Waals surface area contributed by atoms with Crippen molar-refractivity contribution in [3.63, 3.8) is 0 Å². The Morgan fingerprint density at radius 3 is 2.91 bits per heavy atom. The second-order valence-electron chi connectivity index (χ2n) is 4.39. The van der Waals surface area contributed by atoms with Crippen LogP contribution in [0.1, 0.15) is 10.4 Å². The molecule has 0 saturated carbocycles. The predicted octanol–water partition coefficient (Wildman–Crippen LogP) is 0.00830. The molecule has 0 unspecified atom stereocenters. The number of anilines is 1. The quantitative estimate of drug-likeness (QED) is 0.729. The fourth-order valence-electron chi connectivity index (χ4n) is 1.82. The van der Waals surface area contributed by atoms with Gasteiger partial charge >= 0.3 is 0 Å². The van der Waals surface area contributed by atoms with Gasteiger partial charge in [0, 0.05) is 19.3 Å². The lowest BCUT2D eigenvalue weighted by Crippen LogP contribution is -2.27. The average molecular weight is 297 g/mol. The lowest BCUT2D eigenvalue weighted by atomic mass is 10.2. The number of pyridine rings is 1. The third-order valence-corrected chi connectivity index (χ3v) is 2.92. The summed E-state index contributed by atoms with van der Waals surface area (Å²) >= 11 is 0. The van der Waals surface area contributed by atoms with Crippen LogP contribution in [-0.2, 0) is 7.05 Å². The lowest BCUT2D eigenvalue weighted by Gasteiger charge is -2.06. The van der Waals surface area contributed by atoms with Gasteiger partial charge in [-0.25, -0.2) is 19.6 Å². The molecule has 0 spiro atoms. The number of nitrogens with zero attached hydrogens (tertiary/aromatic N) is 6. The minimum Gasteiger partial charge on any atom is -0.318 e. The Hall–Kier alpha value is -3.36. The number of nitrogens with one attached hydrogen (secondary N) is 1. The van der Waals surface area contributed by atoms with Crippen molar-refractivity contribution in [2.75, 3.05) is 5.32 Å². The van der Waals surface area contributed by atoms with E-state index in [1.165, 1.54) is 40.4 Å². The van der Waals surface area contributed by atoms with Crippen LogP contribution in [-0.4, -0.2) is 35.2 Å². The van der Waals surface area contributed by atoms with E-state index in [-0.39, 0.29) is 16.9 Å². The minimum atomic E-state index is -0.538. The molecule has 1 N–H and O–H groups in total. The van der Waals surface area contributed by atoms with Crippen molar-refractivity contribution in [1.82, 2.24) is 29.3 Å². The van der Waals surface area contributed by atoms with Crippen LogP contribution < -0.4 is 10.9 Å². The maximum Gasteiger partial charge on any atom is 0.263 e. The molecule has 0 aliphatic heterocycles. The number of carbonyl (C=O) groups is 1. The molecule has 22 heavy (non-hydrogen) atoms. The smallest absolute Gasteiger partial charge is 0.263 e. The predicted molar refractivity (Wildman–Crippen MR) is 76.6 cm³/mol. The highest BCUT2D eigenvalue weighted by Crippen LogP contribution is 2.08. The van der Waals surface area contributed by atoms with E-state index < -0.39 is 5.91 Å². The Kier molecular flexibility index (Phi) is 3.44. The standard InChI is InChI=1S/C13H11N7O2/c1-19-4-2-3-9(13(19)22)12(21)18-10-5-11(16-7-15-10)20-8-14-6-17-20/h2-8H,1H3,(H,15,16,18,21). The maximum atomic E-state index is 12.2. The first-order chi connectivity index (χ1) is 10.6. The van der Waals surface area contributed by atoms with Gasteiger partial charge in [-0.3, -0.25) is 9.59 Å². The van der Waals surface area contributed by atoms with Crippen LogP contribution in [0.3, 0.4) is 0 Å². The summed E-state index contributed by atoms with van der Waals surface area (Å²) in [6, 6.07) is 4.61. The molecule has 3 rings (SSSR count). The largest absolute Gasteiger partial charge is 0.318 e. The molecule has 0 aliphatic carbocycles. The highest BCUT2D eigenvalue weighted by atomic mass is 16.2. The first-order valence-electron chi connectivity index (χ1n) is 6.29. The number of hydrogen-bond donors (Lipinski definition) is 1. The minimum absolute atomic E-state index is 0.0333. The van der Waals surface area contributed by atoms with E-state index in [0.29, 0.717) is 5.82 Å². The summed E-state index contributed by atoms with van der Waals surface area (Å²) in [5.41, 5.74) is -0.350. The van der Waals surface area contributed by atoms with E-state index in [2.05, 4.69) is 25.4 Å². The zero-order valence-electron chi connectivity index (χ0n) is 11.5. The molecule has 0 aromatic carbocycles. The molecular weight excluding hydrogens is 286 g/mol. The van der Waals surface area contributed by atoms with Gasteiger partial charge in [0.1, 0.15) is 30.4 Å². The van der Waals surface area contributed by atoms with E-state index >= 15 is 0 Å². The third-order valence-electron chi connectivity index (χ3n) is 2.92. The maximum absolute atomic E-state index is 12.2. The number of rotatable bonds is 3. The molecule has 3 heterocycles. The Morgan fingerprint density at radius 1 is 1.27 bits per heavy atom. The zero-order chi connectivity index (χ0) is 15.5. The average Bonchev–Trinajstić information content (AvgIpc) is 3.04. The van der Waals surface area contributed by atoms with Gasteiger partial charge in [-0.15, -0.1) is 0 Å². The Bertz CT molecular complexity index is 870. The van der Waals surface area contributed by atoms with Crippen molar-refractivity contribution in [2.24, 2.45) is 7.05 Å². The van der Waals surface area contributed by atoms with Crippen molar-refractivity contribution < 1.29 is 4.79 Å². The van der Waals surface area contributed by atoms with Gasteiger partial charge in [0.05, 0.1) is 0 Å². The van der Waals surface area contributed by atoms with E-state index in [9.17, 15) is 9.59 Å². The Morgan fingerprint density at radius 2 is 2.14 bits per heavy atom. The summed E-state index contributed by atoms with van der Waals surface area (Å²) in [5, 5.41) is 6.50. The summed E-state index contributed by atoms with van der Waals surface area (Å²) in [5.74, 6) is 0.171. The van der Waals surface area contributed by atoms with Gasteiger partial charge < -0.3 is 9.88 Å². The summed E-state index contributed by atoms with van der Waals surface area (Å²) in [6.45, 7) is 0. The van der Waals surface area contributed by atoms with Crippen LogP contribution in [0.4, 0.5) is 5.82 Å². The molecule has 0 aliphatic rings. The lowest BCUT2D eigenvalue weighted by molar-refractivity contribution is 0.102. The SMILES string of the molecule is Cn1cccc(C(=O)Nc2cc(-n3cncn3)ncn2)c1=O.